The SMILES string of the molecule is O=C(NC(Cc1cccc(Cc2nccc3ccncc23)c1)C(=O)O)c1c(F)cc(N2CCOCC2)cc1F. The minimum atomic E-state index is -1.40. The zero-order valence-electron chi connectivity index (χ0n) is 20.9. The van der Waals surface area contributed by atoms with Gasteiger partial charge >= 0.3 is 5.97 Å². The molecule has 8 nitrogen and oxygen atoms in total. The number of benzene rings is 2. The first-order valence-corrected chi connectivity index (χ1v) is 12.5. The Kier molecular flexibility index (Phi) is 7.74. The lowest BCUT2D eigenvalue weighted by molar-refractivity contribution is -0.139. The highest BCUT2D eigenvalue weighted by molar-refractivity contribution is 5.97. The summed E-state index contributed by atoms with van der Waals surface area (Å²) in [6, 6.07) is 11.8. The van der Waals surface area contributed by atoms with Crippen molar-refractivity contribution in [3.8, 4) is 0 Å². The van der Waals surface area contributed by atoms with E-state index >= 15 is 0 Å². The zero-order chi connectivity index (χ0) is 27.4. The van der Waals surface area contributed by atoms with Crippen LogP contribution in [0.3, 0.4) is 0 Å². The van der Waals surface area contributed by atoms with Gasteiger partial charge in [0.2, 0.25) is 0 Å². The highest BCUT2D eigenvalue weighted by atomic mass is 19.1. The predicted molar refractivity (Wildman–Crippen MR) is 141 cm³/mol. The summed E-state index contributed by atoms with van der Waals surface area (Å²) in [7, 11) is 0. The Morgan fingerprint density at radius 3 is 2.49 bits per heavy atom. The van der Waals surface area contributed by atoms with Crippen LogP contribution in [0.4, 0.5) is 14.5 Å². The van der Waals surface area contributed by atoms with E-state index in [2.05, 4.69) is 15.3 Å². The average molecular weight is 533 g/mol. The third kappa shape index (κ3) is 6.01. The molecule has 2 N–H and O–H groups in total. The quantitative estimate of drug-likeness (QED) is 0.356. The van der Waals surface area contributed by atoms with E-state index < -0.39 is 35.1 Å². The maximum absolute atomic E-state index is 14.8. The van der Waals surface area contributed by atoms with Crippen LogP contribution in [0.1, 0.15) is 27.2 Å². The molecule has 2 aromatic heterocycles. The third-order valence-corrected chi connectivity index (χ3v) is 6.69. The summed E-state index contributed by atoms with van der Waals surface area (Å²) < 4.78 is 35.0. The summed E-state index contributed by atoms with van der Waals surface area (Å²) in [5, 5.41) is 14.0. The molecule has 1 fully saturated rings. The molecule has 4 aromatic rings. The second-order valence-corrected chi connectivity index (χ2v) is 9.30. The number of ether oxygens (including phenoxy) is 1. The molecule has 5 rings (SSSR count). The molecule has 200 valence electrons. The summed E-state index contributed by atoms with van der Waals surface area (Å²) in [5.74, 6) is -4.56. The van der Waals surface area contributed by atoms with Crippen LogP contribution < -0.4 is 10.2 Å². The minimum absolute atomic E-state index is 0.0749. The number of hydrogen-bond donors (Lipinski definition) is 2. The first kappa shape index (κ1) is 26.2. The second-order valence-electron chi connectivity index (χ2n) is 9.30. The lowest BCUT2D eigenvalue weighted by Gasteiger charge is -2.29. The summed E-state index contributed by atoms with van der Waals surface area (Å²) in [5.41, 5.74) is 1.84. The van der Waals surface area contributed by atoms with Crippen molar-refractivity contribution in [3.63, 3.8) is 0 Å². The van der Waals surface area contributed by atoms with Crippen molar-refractivity contribution in [1.82, 2.24) is 15.3 Å². The highest BCUT2D eigenvalue weighted by Gasteiger charge is 2.26. The van der Waals surface area contributed by atoms with Gasteiger partial charge in [0.15, 0.2) is 0 Å². The molecule has 0 aliphatic carbocycles. The van der Waals surface area contributed by atoms with Gasteiger partial charge in [0.1, 0.15) is 23.2 Å². The van der Waals surface area contributed by atoms with Gasteiger partial charge in [0.05, 0.1) is 18.9 Å². The summed E-state index contributed by atoms with van der Waals surface area (Å²) in [6.45, 7) is 1.81. The Morgan fingerprint density at radius 2 is 1.74 bits per heavy atom. The van der Waals surface area contributed by atoms with Crippen molar-refractivity contribution in [2.45, 2.75) is 18.9 Å². The number of nitrogens with zero attached hydrogens (tertiary/aromatic N) is 3. The van der Waals surface area contributed by atoms with E-state index in [1.165, 1.54) is 0 Å². The molecule has 39 heavy (non-hydrogen) atoms. The smallest absolute Gasteiger partial charge is 0.326 e. The van der Waals surface area contributed by atoms with Gasteiger partial charge in [-0.05, 0) is 40.8 Å². The number of nitrogens with one attached hydrogen (secondary N) is 1. The molecule has 1 amide bonds. The maximum atomic E-state index is 14.8. The van der Waals surface area contributed by atoms with Crippen molar-refractivity contribution in [2.75, 3.05) is 31.2 Å². The first-order chi connectivity index (χ1) is 18.9. The van der Waals surface area contributed by atoms with Crippen LogP contribution >= 0.6 is 0 Å². The van der Waals surface area contributed by atoms with Crippen LogP contribution in [-0.2, 0) is 22.4 Å². The van der Waals surface area contributed by atoms with Gasteiger partial charge in [0, 0.05) is 55.6 Å². The Labute approximate surface area is 223 Å². The van der Waals surface area contributed by atoms with Crippen molar-refractivity contribution >= 4 is 28.3 Å². The Bertz CT molecular complexity index is 1500. The van der Waals surface area contributed by atoms with E-state index in [1.54, 1.807) is 35.6 Å². The fourth-order valence-electron chi connectivity index (χ4n) is 4.72. The molecule has 1 aliphatic heterocycles. The molecular weight excluding hydrogens is 506 g/mol. The van der Waals surface area contributed by atoms with Gasteiger partial charge in [-0.25, -0.2) is 13.6 Å². The van der Waals surface area contributed by atoms with E-state index in [9.17, 15) is 23.5 Å². The summed E-state index contributed by atoms with van der Waals surface area (Å²) >= 11 is 0. The fourth-order valence-corrected chi connectivity index (χ4v) is 4.72. The highest BCUT2D eigenvalue weighted by Crippen LogP contribution is 2.24. The molecule has 3 heterocycles. The van der Waals surface area contributed by atoms with Gasteiger partial charge in [-0.3, -0.25) is 14.8 Å². The molecular formula is C29H26F2N4O4. The Balaban J connectivity index is 1.31. The lowest BCUT2D eigenvalue weighted by atomic mass is 9.99. The summed E-state index contributed by atoms with van der Waals surface area (Å²) in [4.78, 5) is 35.2. The normalized spacial score (nSPS) is 14.3. The maximum Gasteiger partial charge on any atom is 0.326 e. The number of fused-ring (bicyclic) bond motifs is 1. The minimum Gasteiger partial charge on any atom is -0.480 e. The topological polar surface area (TPSA) is 105 Å². The number of aromatic nitrogens is 2. The van der Waals surface area contributed by atoms with E-state index in [-0.39, 0.29) is 6.42 Å². The van der Waals surface area contributed by atoms with Gasteiger partial charge in [0.25, 0.3) is 5.91 Å². The molecule has 0 spiro atoms. The van der Waals surface area contributed by atoms with Gasteiger partial charge in [-0.15, -0.1) is 0 Å². The Morgan fingerprint density at radius 1 is 1.03 bits per heavy atom. The molecule has 2 aromatic carbocycles. The number of aliphatic carboxylic acids is 1. The average Bonchev–Trinajstić information content (AvgIpc) is 2.93. The largest absolute Gasteiger partial charge is 0.480 e. The molecule has 10 heteroatoms. The molecule has 1 aliphatic rings. The van der Waals surface area contributed by atoms with E-state index in [4.69, 9.17) is 4.74 Å². The number of carboxylic acids is 1. The van der Waals surface area contributed by atoms with Gasteiger partial charge in [-0.2, -0.15) is 0 Å². The first-order valence-electron chi connectivity index (χ1n) is 12.5. The number of carbonyl (C=O) groups excluding carboxylic acids is 1. The van der Waals surface area contributed by atoms with Crippen molar-refractivity contribution < 1.29 is 28.2 Å². The third-order valence-electron chi connectivity index (χ3n) is 6.69. The molecule has 1 unspecified atom stereocenters. The standard InChI is InChI=1S/C29H26F2N4O4/c30-23-15-21(35-8-10-39-11-9-35)16-24(31)27(23)28(36)34-26(29(37)38)14-19-3-1-2-18(12-19)13-25-22-17-32-6-4-20(22)5-7-33-25/h1-7,12,15-17,26H,8-11,13-14H2,(H,34,36)(H,37,38). The zero-order valence-corrected chi connectivity index (χ0v) is 20.9. The second kappa shape index (κ2) is 11.5. The summed E-state index contributed by atoms with van der Waals surface area (Å²) in [6.07, 6.45) is 5.61. The number of morpholine rings is 1. The van der Waals surface area contributed by atoms with E-state index in [1.807, 2.05) is 24.3 Å². The van der Waals surface area contributed by atoms with E-state index in [0.717, 1.165) is 34.2 Å². The molecule has 0 radical (unpaired) electrons. The number of hydrogen-bond acceptors (Lipinski definition) is 6. The van der Waals surface area contributed by atoms with Crippen LogP contribution in [-0.4, -0.2) is 59.3 Å². The van der Waals surface area contributed by atoms with Crippen LogP contribution in [0, 0.1) is 11.6 Å². The number of carboxylic acid groups (broad SMARTS) is 1. The van der Waals surface area contributed by atoms with Crippen LogP contribution in [0.5, 0.6) is 0 Å². The van der Waals surface area contributed by atoms with E-state index in [0.29, 0.717) is 44.0 Å². The molecule has 0 saturated carbocycles. The number of anilines is 1. The van der Waals surface area contributed by atoms with Crippen LogP contribution in [0.25, 0.3) is 10.8 Å². The van der Waals surface area contributed by atoms with Gasteiger partial charge in [-0.1, -0.05) is 24.3 Å². The number of pyridine rings is 2. The Hall–Kier alpha value is -4.44. The number of amides is 1. The predicted octanol–water partition coefficient (Wildman–Crippen LogP) is 3.76. The molecule has 1 saturated heterocycles. The fraction of sp³-hybridized carbons (Fsp3) is 0.241. The van der Waals surface area contributed by atoms with Crippen molar-refractivity contribution in [1.29, 1.82) is 0 Å². The number of halogens is 2. The molecule has 0 bridgehead atoms. The number of carbonyl (C=O) groups is 2. The monoisotopic (exact) mass is 532 g/mol. The molecule has 1 atom stereocenters. The lowest BCUT2D eigenvalue weighted by Crippen LogP contribution is -2.43. The number of rotatable bonds is 8. The van der Waals surface area contributed by atoms with Crippen LogP contribution in [0.15, 0.2) is 67.1 Å². The van der Waals surface area contributed by atoms with Crippen molar-refractivity contribution in [3.05, 3.63) is 101 Å². The van der Waals surface area contributed by atoms with Gasteiger partial charge < -0.3 is 20.1 Å². The van der Waals surface area contributed by atoms with Crippen molar-refractivity contribution in [2.24, 2.45) is 0 Å². The van der Waals surface area contributed by atoms with Crippen LogP contribution in [0.2, 0.25) is 0 Å².